The molecule has 1 rings (SSSR count). The number of carbonyl (C=O) groups is 1. The maximum Gasteiger partial charge on any atom is 0.221 e. The molecule has 19 heavy (non-hydrogen) atoms. The minimum Gasteiger partial charge on any atom is -0.494 e. The summed E-state index contributed by atoms with van der Waals surface area (Å²) >= 11 is 0. The van der Waals surface area contributed by atoms with Crippen LogP contribution in [0.3, 0.4) is 0 Å². The maximum absolute atomic E-state index is 11.4. The number of amides is 1. The average molecular weight is 287 g/mol. The van der Waals surface area contributed by atoms with Crippen LogP contribution in [0.2, 0.25) is 0 Å². The molecule has 1 aromatic carbocycles. The smallest absolute Gasteiger partial charge is 0.221 e. The first-order chi connectivity index (χ1) is 8.76. The van der Waals surface area contributed by atoms with Crippen LogP contribution in [0.4, 0.5) is 0 Å². The highest BCUT2D eigenvalue weighted by atomic mass is 35.5. The summed E-state index contributed by atoms with van der Waals surface area (Å²) in [6, 6.07) is 7.82. The molecular weight excluding hydrogens is 264 g/mol. The van der Waals surface area contributed by atoms with E-state index in [9.17, 15) is 4.79 Å². The molecule has 0 saturated heterocycles. The summed E-state index contributed by atoms with van der Waals surface area (Å²) in [4.78, 5) is 11.4. The summed E-state index contributed by atoms with van der Waals surface area (Å²) in [7, 11) is 1.84. The molecule has 1 amide bonds. The van der Waals surface area contributed by atoms with Gasteiger partial charge in [0.2, 0.25) is 5.91 Å². The molecule has 0 atom stereocenters. The van der Waals surface area contributed by atoms with Crippen molar-refractivity contribution in [2.75, 3.05) is 20.2 Å². The van der Waals surface area contributed by atoms with E-state index in [2.05, 4.69) is 17.6 Å². The Morgan fingerprint density at radius 2 is 1.95 bits per heavy atom. The van der Waals surface area contributed by atoms with Crippen LogP contribution in [0.15, 0.2) is 24.3 Å². The van der Waals surface area contributed by atoms with Gasteiger partial charge in [0.15, 0.2) is 0 Å². The second-order valence-corrected chi connectivity index (χ2v) is 4.12. The van der Waals surface area contributed by atoms with Crippen LogP contribution in [0.5, 0.6) is 5.75 Å². The van der Waals surface area contributed by atoms with E-state index >= 15 is 0 Å². The number of carbonyl (C=O) groups excluding carboxylic acids is 1. The van der Waals surface area contributed by atoms with Gasteiger partial charge in [0, 0.05) is 19.5 Å². The quantitative estimate of drug-likeness (QED) is 0.770. The van der Waals surface area contributed by atoms with Crippen molar-refractivity contribution in [3.63, 3.8) is 0 Å². The Morgan fingerprint density at radius 3 is 2.53 bits per heavy atom. The van der Waals surface area contributed by atoms with E-state index in [-0.39, 0.29) is 18.3 Å². The Kier molecular flexibility index (Phi) is 9.94. The van der Waals surface area contributed by atoms with Crippen LogP contribution in [-0.2, 0) is 11.3 Å². The van der Waals surface area contributed by atoms with E-state index in [1.165, 1.54) is 0 Å². The van der Waals surface area contributed by atoms with Gasteiger partial charge in [-0.15, -0.1) is 12.4 Å². The van der Waals surface area contributed by atoms with Gasteiger partial charge in [-0.2, -0.15) is 0 Å². The molecule has 108 valence electrons. The van der Waals surface area contributed by atoms with Gasteiger partial charge in [-0.05, 0) is 31.2 Å². The average Bonchev–Trinajstić information content (AvgIpc) is 2.41. The molecule has 0 bridgehead atoms. The highest BCUT2D eigenvalue weighted by Crippen LogP contribution is 2.12. The zero-order valence-electron chi connectivity index (χ0n) is 11.6. The van der Waals surface area contributed by atoms with Crippen molar-refractivity contribution < 1.29 is 9.53 Å². The van der Waals surface area contributed by atoms with Gasteiger partial charge in [0.05, 0.1) is 6.61 Å². The van der Waals surface area contributed by atoms with Crippen LogP contribution >= 0.6 is 12.4 Å². The topological polar surface area (TPSA) is 50.4 Å². The summed E-state index contributed by atoms with van der Waals surface area (Å²) in [5.41, 5.74) is 1.08. The molecule has 0 radical (unpaired) electrons. The molecule has 5 heteroatoms. The van der Waals surface area contributed by atoms with Gasteiger partial charge in [-0.1, -0.05) is 19.1 Å². The van der Waals surface area contributed by atoms with Gasteiger partial charge >= 0.3 is 0 Å². The standard InChI is InChI=1S/C14H22N2O2.ClH/c1-3-10-18-13-6-4-12(5-7-13)11-16-14(17)8-9-15-2;/h4-7,15H,3,8-11H2,1-2H3,(H,16,17);1H. The summed E-state index contributed by atoms with van der Waals surface area (Å²) in [5, 5.41) is 5.82. The van der Waals surface area contributed by atoms with Crippen LogP contribution in [-0.4, -0.2) is 26.1 Å². The third-order valence-electron chi connectivity index (χ3n) is 2.49. The third kappa shape index (κ3) is 7.70. The summed E-state index contributed by atoms with van der Waals surface area (Å²) in [6.45, 7) is 4.08. The normalized spacial score (nSPS) is 9.58. The minimum atomic E-state index is 0. The summed E-state index contributed by atoms with van der Waals surface area (Å²) in [6.07, 6.45) is 1.51. The Bertz CT molecular complexity index is 355. The first kappa shape index (κ1) is 17.7. The molecule has 2 N–H and O–H groups in total. The second kappa shape index (κ2) is 10.6. The van der Waals surface area contributed by atoms with E-state index in [0.717, 1.165) is 24.3 Å². The fraction of sp³-hybridized carbons (Fsp3) is 0.500. The van der Waals surface area contributed by atoms with E-state index in [0.29, 0.717) is 19.5 Å². The zero-order chi connectivity index (χ0) is 13.2. The first-order valence-electron chi connectivity index (χ1n) is 6.39. The van der Waals surface area contributed by atoms with E-state index < -0.39 is 0 Å². The van der Waals surface area contributed by atoms with E-state index in [4.69, 9.17) is 4.74 Å². The lowest BCUT2D eigenvalue weighted by Gasteiger charge is -2.07. The van der Waals surface area contributed by atoms with Crippen molar-refractivity contribution in [1.82, 2.24) is 10.6 Å². The lowest BCUT2D eigenvalue weighted by atomic mass is 10.2. The number of hydrogen-bond acceptors (Lipinski definition) is 3. The number of nitrogens with one attached hydrogen (secondary N) is 2. The molecule has 0 saturated carbocycles. The van der Waals surface area contributed by atoms with Crippen LogP contribution in [0, 0.1) is 0 Å². The summed E-state index contributed by atoms with van der Waals surface area (Å²) < 4.78 is 5.49. The minimum absolute atomic E-state index is 0. The number of hydrogen-bond donors (Lipinski definition) is 2. The van der Waals surface area contributed by atoms with Crippen LogP contribution < -0.4 is 15.4 Å². The number of ether oxygens (including phenoxy) is 1. The number of rotatable bonds is 8. The highest BCUT2D eigenvalue weighted by Gasteiger charge is 2.00. The van der Waals surface area contributed by atoms with Gasteiger partial charge in [0.25, 0.3) is 0 Å². The predicted molar refractivity (Wildman–Crippen MR) is 79.9 cm³/mol. The molecule has 0 aliphatic heterocycles. The molecule has 0 fully saturated rings. The van der Waals surface area contributed by atoms with E-state index in [1.54, 1.807) is 0 Å². The van der Waals surface area contributed by atoms with Gasteiger partial charge in [-0.3, -0.25) is 4.79 Å². The van der Waals surface area contributed by atoms with Crippen molar-refractivity contribution >= 4 is 18.3 Å². The molecule has 4 nitrogen and oxygen atoms in total. The van der Waals surface area contributed by atoms with Gasteiger partial charge in [0.1, 0.15) is 5.75 Å². The zero-order valence-corrected chi connectivity index (χ0v) is 12.4. The van der Waals surface area contributed by atoms with Crippen molar-refractivity contribution in [2.24, 2.45) is 0 Å². The Hall–Kier alpha value is -1.26. The predicted octanol–water partition coefficient (Wildman–Crippen LogP) is 2.12. The maximum atomic E-state index is 11.4. The number of halogens is 1. The molecule has 0 aliphatic rings. The monoisotopic (exact) mass is 286 g/mol. The SMILES string of the molecule is CCCOc1ccc(CNC(=O)CCNC)cc1.Cl. The van der Waals surface area contributed by atoms with Gasteiger partial charge in [-0.25, -0.2) is 0 Å². The second-order valence-electron chi connectivity index (χ2n) is 4.12. The molecule has 0 heterocycles. The largest absolute Gasteiger partial charge is 0.494 e. The Labute approximate surface area is 121 Å². The fourth-order valence-corrected chi connectivity index (χ4v) is 1.45. The Balaban J connectivity index is 0.00000324. The molecule has 0 aliphatic carbocycles. The third-order valence-corrected chi connectivity index (χ3v) is 2.49. The van der Waals surface area contributed by atoms with Crippen molar-refractivity contribution in [3.8, 4) is 5.75 Å². The Morgan fingerprint density at radius 1 is 1.26 bits per heavy atom. The van der Waals surface area contributed by atoms with Crippen molar-refractivity contribution in [3.05, 3.63) is 29.8 Å². The van der Waals surface area contributed by atoms with Crippen LogP contribution in [0.25, 0.3) is 0 Å². The number of benzene rings is 1. The van der Waals surface area contributed by atoms with E-state index in [1.807, 2.05) is 31.3 Å². The lowest BCUT2D eigenvalue weighted by molar-refractivity contribution is -0.121. The molecule has 1 aromatic rings. The van der Waals surface area contributed by atoms with Crippen LogP contribution in [0.1, 0.15) is 25.3 Å². The summed E-state index contributed by atoms with van der Waals surface area (Å²) in [5.74, 6) is 0.942. The van der Waals surface area contributed by atoms with Gasteiger partial charge < -0.3 is 15.4 Å². The molecule has 0 aromatic heterocycles. The van der Waals surface area contributed by atoms with Crippen molar-refractivity contribution in [1.29, 1.82) is 0 Å². The first-order valence-corrected chi connectivity index (χ1v) is 6.39. The molecule has 0 spiro atoms. The van der Waals surface area contributed by atoms with Crippen molar-refractivity contribution in [2.45, 2.75) is 26.3 Å². The molecular formula is C14H23ClN2O2. The lowest BCUT2D eigenvalue weighted by Crippen LogP contribution is -2.26. The highest BCUT2D eigenvalue weighted by molar-refractivity contribution is 5.85. The fourth-order valence-electron chi connectivity index (χ4n) is 1.45. The molecule has 0 unspecified atom stereocenters.